The van der Waals surface area contributed by atoms with Crippen LogP contribution in [0.25, 0.3) is 0 Å². The average molecular weight is 324 g/mol. The Morgan fingerprint density at radius 2 is 1.76 bits per heavy atom. The molecule has 3 unspecified atom stereocenters. The Hall–Kier alpha value is -0.100. The molecule has 1 amide bonds. The van der Waals surface area contributed by atoms with E-state index < -0.39 is 15.1 Å². The first kappa shape index (κ1) is 13.3. The number of amides is 1. The maximum atomic E-state index is 12.2. The van der Waals surface area contributed by atoms with Gasteiger partial charge in [-0.05, 0) is 32.6 Å². The fourth-order valence-corrected chi connectivity index (χ4v) is 4.21. The van der Waals surface area contributed by atoms with Crippen LogP contribution in [0.1, 0.15) is 32.6 Å². The summed E-state index contributed by atoms with van der Waals surface area (Å²) in [6, 6.07) is 0.463. The van der Waals surface area contributed by atoms with Crippen molar-refractivity contribution in [2.75, 3.05) is 6.26 Å². The van der Waals surface area contributed by atoms with Crippen LogP contribution in [0, 0.1) is 0 Å². The lowest BCUT2D eigenvalue weighted by Gasteiger charge is -2.38. The molecule has 2 heterocycles. The molecule has 2 saturated heterocycles. The first-order valence-electron chi connectivity index (χ1n) is 5.96. The summed E-state index contributed by atoms with van der Waals surface area (Å²) in [6.45, 7) is 1.50. The Morgan fingerprint density at radius 3 is 2.18 bits per heavy atom. The molecule has 0 aliphatic carbocycles. The monoisotopic (exact) mass is 323 g/mol. The first-order valence-corrected chi connectivity index (χ1v) is 8.83. The van der Waals surface area contributed by atoms with Crippen LogP contribution < -0.4 is 0 Å². The van der Waals surface area contributed by atoms with Crippen LogP contribution in [0.15, 0.2) is 0 Å². The van der Waals surface area contributed by atoms with Crippen molar-refractivity contribution in [1.29, 1.82) is 0 Å². The molecular weight excluding hydrogens is 306 g/mol. The van der Waals surface area contributed by atoms with Crippen molar-refractivity contribution in [3.05, 3.63) is 0 Å². The summed E-state index contributed by atoms with van der Waals surface area (Å²) in [5.74, 6) is -0.209. The molecule has 2 aliphatic rings. The molecule has 2 rings (SSSR count). The van der Waals surface area contributed by atoms with E-state index in [4.69, 9.17) is 0 Å². The van der Waals surface area contributed by atoms with E-state index in [-0.39, 0.29) is 18.0 Å². The number of halogens is 1. The summed E-state index contributed by atoms with van der Waals surface area (Å²) in [6.07, 6.45) is 5.04. The molecule has 2 fully saturated rings. The Morgan fingerprint density at radius 1 is 1.29 bits per heavy atom. The van der Waals surface area contributed by atoms with E-state index in [1.165, 1.54) is 6.92 Å². The number of hydrogen-bond acceptors (Lipinski definition) is 3. The van der Waals surface area contributed by atoms with Crippen LogP contribution in [0.4, 0.5) is 0 Å². The van der Waals surface area contributed by atoms with Gasteiger partial charge in [-0.25, -0.2) is 8.42 Å². The summed E-state index contributed by atoms with van der Waals surface area (Å²) in [7, 11) is -3.29. The molecule has 17 heavy (non-hydrogen) atoms. The van der Waals surface area contributed by atoms with Gasteiger partial charge in [0.05, 0.1) is 0 Å². The highest BCUT2D eigenvalue weighted by atomic mass is 79.9. The Labute approximate surface area is 111 Å². The van der Waals surface area contributed by atoms with Gasteiger partial charge >= 0.3 is 0 Å². The van der Waals surface area contributed by atoms with Gasteiger partial charge in [-0.3, -0.25) is 4.79 Å². The minimum absolute atomic E-state index is 0.209. The second kappa shape index (κ2) is 4.53. The number of hydrogen-bond donors (Lipinski definition) is 0. The lowest BCUT2D eigenvalue weighted by atomic mass is 10.0. The molecule has 0 aromatic heterocycles. The molecule has 0 N–H and O–H groups in total. The maximum Gasteiger partial charge on any atom is 0.241 e. The van der Waals surface area contributed by atoms with Crippen LogP contribution in [-0.4, -0.2) is 47.6 Å². The molecule has 98 valence electrons. The van der Waals surface area contributed by atoms with Crippen molar-refractivity contribution in [2.45, 2.75) is 54.8 Å². The lowest BCUT2D eigenvalue weighted by molar-refractivity contribution is -0.134. The van der Waals surface area contributed by atoms with Crippen LogP contribution >= 0.6 is 15.9 Å². The standard InChI is InChI=1S/C11H18BrNO3S/c1-7(17(2,15)16)11(14)13-9-3-4-10(13)6-8(12)5-9/h7-10H,3-6H2,1-2H3. The Kier molecular flexibility index (Phi) is 3.56. The largest absolute Gasteiger partial charge is 0.336 e. The van der Waals surface area contributed by atoms with Gasteiger partial charge < -0.3 is 4.90 Å². The third-order valence-corrected chi connectivity index (χ3v) is 6.15. The minimum atomic E-state index is -3.29. The third kappa shape index (κ3) is 2.52. The van der Waals surface area contributed by atoms with Crippen molar-refractivity contribution < 1.29 is 13.2 Å². The van der Waals surface area contributed by atoms with Gasteiger partial charge in [0, 0.05) is 23.2 Å². The fraction of sp³-hybridized carbons (Fsp3) is 0.909. The van der Waals surface area contributed by atoms with E-state index in [0.29, 0.717) is 4.83 Å². The van der Waals surface area contributed by atoms with Gasteiger partial charge in [0.25, 0.3) is 0 Å². The SMILES string of the molecule is CC(C(=O)N1C2CCC1CC(Br)C2)S(C)(=O)=O. The highest BCUT2D eigenvalue weighted by Gasteiger charge is 2.44. The summed E-state index contributed by atoms with van der Waals surface area (Å²) in [5.41, 5.74) is 0. The van der Waals surface area contributed by atoms with Crippen molar-refractivity contribution >= 4 is 31.7 Å². The molecule has 0 spiro atoms. The van der Waals surface area contributed by atoms with Gasteiger partial charge in [-0.1, -0.05) is 15.9 Å². The molecule has 0 saturated carbocycles. The number of sulfone groups is 1. The van der Waals surface area contributed by atoms with E-state index in [2.05, 4.69) is 15.9 Å². The Balaban J connectivity index is 2.17. The number of rotatable bonds is 2. The van der Waals surface area contributed by atoms with Gasteiger partial charge in [0.15, 0.2) is 9.84 Å². The van der Waals surface area contributed by atoms with E-state index in [1.54, 1.807) is 0 Å². The zero-order chi connectivity index (χ0) is 12.8. The zero-order valence-corrected chi connectivity index (χ0v) is 12.5. The molecule has 4 nitrogen and oxygen atoms in total. The summed E-state index contributed by atoms with van der Waals surface area (Å²) >= 11 is 3.61. The summed E-state index contributed by atoms with van der Waals surface area (Å²) in [4.78, 5) is 14.6. The van der Waals surface area contributed by atoms with Crippen LogP contribution in [-0.2, 0) is 14.6 Å². The number of piperidine rings is 1. The van der Waals surface area contributed by atoms with Crippen molar-refractivity contribution in [2.24, 2.45) is 0 Å². The predicted octanol–water partition coefficient (Wildman–Crippen LogP) is 1.34. The van der Waals surface area contributed by atoms with E-state index in [1.807, 2.05) is 4.90 Å². The number of fused-ring (bicyclic) bond motifs is 2. The average Bonchev–Trinajstić information content (AvgIpc) is 2.47. The van der Waals surface area contributed by atoms with Crippen LogP contribution in [0.5, 0.6) is 0 Å². The molecule has 2 bridgehead atoms. The second-order valence-electron chi connectivity index (χ2n) is 5.17. The Bertz CT molecular complexity index is 408. The van der Waals surface area contributed by atoms with E-state index in [9.17, 15) is 13.2 Å². The molecule has 3 atom stereocenters. The summed E-state index contributed by atoms with van der Waals surface area (Å²) < 4.78 is 22.9. The highest BCUT2D eigenvalue weighted by molar-refractivity contribution is 9.09. The van der Waals surface area contributed by atoms with E-state index in [0.717, 1.165) is 31.9 Å². The maximum absolute atomic E-state index is 12.2. The van der Waals surface area contributed by atoms with Crippen molar-refractivity contribution in [1.82, 2.24) is 4.90 Å². The fourth-order valence-electron chi connectivity index (χ4n) is 2.86. The topological polar surface area (TPSA) is 54.5 Å². The number of nitrogens with zero attached hydrogens (tertiary/aromatic N) is 1. The van der Waals surface area contributed by atoms with Gasteiger partial charge in [-0.15, -0.1) is 0 Å². The van der Waals surface area contributed by atoms with Gasteiger partial charge in [0.2, 0.25) is 5.91 Å². The second-order valence-corrected chi connectivity index (χ2v) is 8.83. The molecule has 6 heteroatoms. The minimum Gasteiger partial charge on any atom is -0.336 e. The van der Waals surface area contributed by atoms with Crippen molar-refractivity contribution in [3.8, 4) is 0 Å². The van der Waals surface area contributed by atoms with E-state index >= 15 is 0 Å². The molecular formula is C11H18BrNO3S. The summed E-state index contributed by atoms with van der Waals surface area (Å²) in [5, 5.41) is -0.905. The smallest absolute Gasteiger partial charge is 0.241 e. The quantitative estimate of drug-likeness (QED) is 0.720. The highest BCUT2D eigenvalue weighted by Crippen LogP contribution is 2.39. The third-order valence-electron chi connectivity index (χ3n) is 3.92. The predicted molar refractivity (Wildman–Crippen MR) is 69.9 cm³/mol. The first-order chi connectivity index (χ1) is 7.80. The van der Waals surface area contributed by atoms with Crippen LogP contribution in [0.3, 0.4) is 0 Å². The number of alkyl halides is 1. The number of carbonyl (C=O) groups is 1. The van der Waals surface area contributed by atoms with Crippen molar-refractivity contribution in [3.63, 3.8) is 0 Å². The normalized spacial score (nSPS) is 34.8. The molecule has 0 radical (unpaired) electrons. The van der Waals surface area contributed by atoms with Crippen LogP contribution in [0.2, 0.25) is 0 Å². The molecule has 2 aliphatic heterocycles. The van der Waals surface area contributed by atoms with Gasteiger partial charge in [-0.2, -0.15) is 0 Å². The molecule has 0 aromatic rings. The van der Waals surface area contributed by atoms with Gasteiger partial charge in [0.1, 0.15) is 5.25 Å². The molecule has 0 aromatic carbocycles. The zero-order valence-electron chi connectivity index (χ0n) is 10.1. The number of carbonyl (C=O) groups excluding carboxylic acids is 1. The lowest BCUT2D eigenvalue weighted by Crippen LogP contribution is -2.51.